The Labute approximate surface area is 113 Å². The molecule has 20 heavy (non-hydrogen) atoms. The summed E-state index contributed by atoms with van der Waals surface area (Å²) in [6.07, 6.45) is 0.177. The molecule has 2 aromatic rings. The summed E-state index contributed by atoms with van der Waals surface area (Å²) in [5.41, 5.74) is 0.629. The van der Waals surface area contributed by atoms with Gasteiger partial charge in [0.15, 0.2) is 5.69 Å². The van der Waals surface area contributed by atoms with Crippen molar-refractivity contribution in [2.45, 2.75) is 6.10 Å². The lowest BCUT2D eigenvalue weighted by molar-refractivity contribution is -0.144. The lowest BCUT2D eigenvalue weighted by Crippen LogP contribution is -2.47. The van der Waals surface area contributed by atoms with Gasteiger partial charge in [0.1, 0.15) is 5.75 Å². The standard InChI is InChI=1S/C12H10N4O4/c17-11(7-5-13-15-14-7)16-6-10(12(18)19)20-9-4-2-1-3-8(9)16/h1-5,10H,6H2,(H,18,19)(H,13,14,15). The minimum Gasteiger partial charge on any atom is -0.478 e. The molecule has 1 aromatic carbocycles. The molecule has 0 saturated carbocycles. The van der Waals surface area contributed by atoms with Gasteiger partial charge in [0.05, 0.1) is 18.4 Å². The summed E-state index contributed by atoms with van der Waals surface area (Å²) < 4.78 is 5.35. The number of benzene rings is 1. The van der Waals surface area contributed by atoms with Crippen LogP contribution in [0.5, 0.6) is 5.75 Å². The van der Waals surface area contributed by atoms with Gasteiger partial charge in [0, 0.05) is 0 Å². The largest absolute Gasteiger partial charge is 0.478 e. The predicted octanol–water partition coefficient (Wildman–Crippen LogP) is 0.297. The first-order chi connectivity index (χ1) is 9.66. The van der Waals surface area contributed by atoms with Crippen LogP contribution in [0.15, 0.2) is 30.5 Å². The van der Waals surface area contributed by atoms with Crippen LogP contribution in [0.3, 0.4) is 0 Å². The number of amides is 1. The second-order valence-corrected chi connectivity index (χ2v) is 4.18. The summed E-state index contributed by atoms with van der Waals surface area (Å²) in [5, 5.41) is 18.7. The number of anilines is 1. The van der Waals surface area contributed by atoms with Gasteiger partial charge in [-0.2, -0.15) is 15.4 Å². The van der Waals surface area contributed by atoms with Crippen molar-refractivity contribution in [3.05, 3.63) is 36.2 Å². The first-order valence-corrected chi connectivity index (χ1v) is 5.83. The minimum atomic E-state index is -1.13. The summed E-state index contributed by atoms with van der Waals surface area (Å²) >= 11 is 0. The van der Waals surface area contributed by atoms with Crippen molar-refractivity contribution in [2.75, 3.05) is 11.4 Å². The molecule has 3 rings (SSSR count). The Balaban J connectivity index is 2.01. The summed E-state index contributed by atoms with van der Waals surface area (Å²) in [6, 6.07) is 6.76. The number of hydrogen-bond acceptors (Lipinski definition) is 5. The third-order valence-corrected chi connectivity index (χ3v) is 2.93. The maximum absolute atomic E-state index is 12.3. The number of aromatic amines is 1. The second kappa shape index (κ2) is 4.65. The van der Waals surface area contributed by atoms with E-state index in [1.54, 1.807) is 24.3 Å². The number of nitrogens with zero attached hydrogens (tertiary/aromatic N) is 3. The van der Waals surface area contributed by atoms with Crippen LogP contribution in [0.1, 0.15) is 10.5 Å². The number of carboxylic acids is 1. The van der Waals surface area contributed by atoms with Crippen molar-refractivity contribution in [1.82, 2.24) is 15.4 Å². The predicted molar refractivity (Wildman–Crippen MR) is 66.6 cm³/mol. The van der Waals surface area contributed by atoms with Gasteiger partial charge in [-0.05, 0) is 12.1 Å². The van der Waals surface area contributed by atoms with E-state index < -0.39 is 18.0 Å². The summed E-state index contributed by atoms with van der Waals surface area (Å²) in [4.78, 5) is 24.8. The maximum atomic E-state index is 12.3. The number of para-hydroxylation sites is 2. The Morgan fingerprint density at radius 3 is 2.90 bits per heavy atom. The van der Waals surface area contributed by atoms with Crippen LogP contribution >= 0.6 is 0 Å². The van der Waals surface area contributed by atoms with Crippen LogP contribution in [-0.2, 0) is 4.79 Å². The number of H-pyrrole nitrogens is 1. The number of nitrogens with one attached hydrogen (secondary N) is 1. The average molecular weight is 274 g/mol. The van der Waals surface area contributed by atoms with Gasteiger partial charge >= 0.3 is 5.97 Å². The highest BCUT2D eigenvalue weighted by Crippen LogP contribution is 2.33. The summed E-state index contributed by atoms with van der Waals surface area (Å²) in [5.74, 6) is -1.21. The van der Waals surface area contributed by atoms with Gasteiger partial charge in [-0.15, -0.1) is 0 Å². The van der Waals surface area contributed by atoms with Crippen molar-refractivity contribution in [1.29, 1.82) is 0 Å². The van der Waals surface area contributed by atoms with Crippen molar-refractivity contribution >= 4 is 17.6 Å². The summed E-state index contributed by atoms with van der Waals surface area (Å²) in [6.45, 7) is -0.0853. The lowest BCUT2D eigenvalue weighted by Gasteiger charge is -2.32. The number of rotatable bonds is 2. The van der Waals surface area contributed by atoms with Gasteiger partial charge in [-0.3, -0.25) is 9.69 Å². The molecule has 0 bridgehead atoms. The van der Waals surface area contributed by atoms with Crippen LogP contribution < -0.4 is 9.64 Å². The normalized spacial score (nSPS) is 17.2. The molecule has 1 aliphatic rings. The molecule has 0 fully saturated rings. The summed E-state index contributed by atoms with van der Waals surface area (Å²) in [7, 11) is 0. The molecule has 2 N–H and O–H groups in total. The van der Waals surface area contributed by atoms with E-state index in [1.165, 1.54) is 11.1 Å². The molecule has 0 radical (unpaired) electrons. The number of ether oxygens (including phenoxy) is 1. The average Bonchev–Trinajstić information content (AvgIpc) is 2.99. The molecule has 1 aromatic heterocycles. The Hall–Kier alpha value is -2.90. The molecule has 0 saturated heterocycles. The van der Waals surface area contributed by atoms with Crippen molar-refractivity contribution in [3.63, 3.8) is 0 Å². The Morgan fingerprint density at radius 2 is 2.20 bits per heavy atom. The molecule has 1 atom stereocenters. The number of carbonyl (C=O) groups is 2. The van der Waals surface area contributed by atoms with E-state index in [2.05, 4.69) is 15.4 Å². The quantitative estimate of drug-likeness (QED) is 0.815. The molecular formula is C12H10N4O4. The van der Waals surface area contributed by atoms with E-state index in [-0.39, 0.29) is 12.2 Å². The number of carboxylic acid groups (broad SMARTS) is 1. The zero-order chi connectivity index (χ0) is 14.1. The number of hydrogen-bond donors (Lipinski definition) is 2. The van der Waals surface area contributed by atoms with Crippen LogP contribution in [0, 0.1) is 0 Å². The fourth-order valence-corrected chi connectivity index (χ4v) is 2.00. The molecule has 1 aliphatic heterocycles. The second-order valence-electron chi connectivity index (χ2n) is 4.18. The van der Waals surface area contributed by atoms with Gasteiger partial charge in [0.25, 0.3) is 5.91 Å². The van der Waals surface area contributed by atoms with Gasteiger partial charge in [-0.1, -0.05) is 12.1 Å². The SMILES string of the molecule is O=C(O)C1CN(C(=O)c2cn[nH]n2)c2ccccc2O1. The van der Waals surface area contributed by atoms with Crippen molar-refractivity contribution in [2.24, 2.45) is 0 Å². The Kier molecular flexibility index (Phi) is 2.82. The van der Waals surface area contributed by atoms with Crippen molar-refractivity contribution < 1.29 is 19.4 Å². The number of aliphatic carboxylic acids is 1. The molecule has 1 amide bonds. The third kappa shape index (κ3) is 1.96. The molecular weight excluding hydrogens is 264 g/mol. The zero-order valence-corrected chi connectivity index (χ0v) is 10.2. The van der Waals surface area contributed by atoms with E-state index in [9.17, 15) is 9.59 Å². The van der Waals surface area contributed by atoms with Crippen molar-refractivity contribution in [3.8, 4) is 5.75 Å². The fourth-order valence-electron chi connectivity index (χ4n) is 2.00. The fraction of sp³-hybridized carbons (Fsp3) is 0.167. The third-order valence-electron chi connectivity index (χ3n) is 2.93. The smallest absolute Gasteiger partial charge is 0.346 e. The number of aromatic nitrogens is 3. The highest BCUT2D eigenvalue weighted by atomic mass is 16.5. The first-order valence-electron chi connectivity index (χ1n) is 5.83. The maximum Gasteiger partial charge on any atom is 0.346 e. The van der Waals surface area contributed by atoms with Crippen LogP contribution in [0.2, 0.25) is 0 Å². The first kappa shape index (κ1) is 12.2. The van der Waals surface area contributed by atoms with E-state index in [0.717, 1.165) is 0 Å². The van der Waals surface area contributed by atoms with Gasteiger partial charge in [0.2, 0.25) is 6.10 Å². The van der Waals surface area contributed by atoms with E-state index >= 15 is 0 Å². The van der Waals surface area contributed by atoms with Crippen LogP contribution in [0.25, 0.3) is 0 Å². The van der Waals surface area contributed by atoms with Gasteiger partial charge in [-0.25, -0.2) is 4.79 Å². The molecule has 8 nitrogen and oxygen atoms in total. The topological polar surface area (TPSA) is 108 Å². The molecule has 0 spiro atoms. The molecule has 1 unspecified atom stereocenters. The van der Waals surface area contributed by atoms with E-state index in [1.807, 2.05) is 0 Å². The highest BCUT2D eigenvalue weighted by Gasteiger charge is 2.34. The number of carbonyl (C=O) groups excluding carboxylic acids is 1. The molecule has 2 heterocycles. The Bertz CT molecular complexity index is 655. The van der Waals surface area contributed by atoms with E-state index in [4.69, 9.17) is 9.84 Å². The number of fused-ring (bicyclic) bond motifs is 1. The Morgan fingerprint density at radius 1 is 1.40 bits per heavy atom. The van der Waals surface area contributed by atoms with Crippen LogP contribution in [-0.4, -0.2) is 45.0 Å². The lowest BCUT2D eigenvalue weighted by atomic mass is 10.1. The monoisotopic (exact) mass is 274 g/mol. The van der Waals surface area contributed by atoms with Gasteiger partial charge < -0.3 is 9.84 Å². The highest BCUT2D eigenvalue weighted by molar-refractivity contribution is 6.06. The minimum absolute atomic E-state index is 0.0853. The zero-order valence-electron chi connectivity index (χ0n) is 10.2. The van der Waals surface area contributed by atoms with E-state index in [0.29, 0.717) is 11.4 Å². The van der Waals surface area contributed by atoms with Crippen LogP contribution in [0.4, 0.5) is 5.69 Å². The molecule has 8 heteroatoms. The molecule has 0 aliphatic carbocycles. The molecule has 102 valence electrons.